The van der Waals surface area contributed by atoms with E-state index in [-0.39, 0.29) is 5.69 Å². The molecule has 0 saturated carbocycles. The third-order valence-corrected chi connectivity index (χ3v) is 6.07. The molecule has 31 heavy (non-hydrogen) atoms. The van der Waals surface area contributed by atoms with Gasteiger partial charge in [0.25, 0.3) is 0 Å². The summed E-state index contributed by atoms with van der Waals surface area (Å²) >= 11 is 1.29. The Morgan fingerprint density at radius 1 is 1.16 bits per heavy atom. The fourth-order valence-corrected chi connectivity index (χ4v) is 4.42. The van der Waals surface area contributed by atoms with E-state index in [0.29, 0.717) is 27.7 Å². The highest BCUT2D eigenvalue weighted by molar-refractivity contribution is 7.88. The quantitative estimate of drug-likeness (QED) is 0.526. The highest BCUT2D eigenvalue weighted by Gasteiger charge is 2.23. The van der Waals surface area contributed by atoms with Gasteiger partial charge in [0.1, 0.15) is 5.69 Å². The Bertz CT molecular complexity index is 1270. The summed E-state index contributed by atoms with van der Waals surface area (Å²) in [5.41, 5.74) is 2.74. The molecule has 0 aliphatic heterocycles. The monoisotopic (exact) mass is 453 g/mol. The van der Waals surface area contributed by atoms with Gasteiger partial charge < -0.3 is 10.0 Å². The van der Waals surface area contributed by atoms with Crippen LogP contribution in [0.2, 0.25) is 0 Å². The SMILES string of the molecule is Cc1sc(N(Cc2ccccc2C#N)c2ccc(C#N)cc2)nc1C(O)NS(C)(=O)=O. The van der Waals surface area contributed by atoms with Crippen molar-refractivity contribution in [3.63, 3.8) is 0 Å². The fourth-order valence-electron chi connectivity index (χ4n) is 2.94. The minimum atomic E-state index is -3.63. The summed E-state index contributed by atoms with van der Waals surface area (Å²) in [7, 11) is -3.63. The zero-order valence-corrected chi connectivity index (χ0v) is 18.4. The van der Waals surface area contributed by atoms with Crippen LogP contribution in [-0.4, -0.2) is 24.8 Å². The molecule has 1 unspecified atom stereocenters. The Hall–Kier alpha value is -3.28. The molecule has 0 aliphatic rings. The summed E-state index contributed by atoms with van der Waals surface area (Å²) < 4.78 is 25.1. The van der Waals surface area contributed by atoms with Crippen LogP contribution in [0.3, 0.4) is 0 Å². The summed E-state index contributed by atoms with van der Waals surface area (Å²) in [6.45, 7) is 2.06. The number of aryl methyl sites for hydroxylation is 1. The molecule has 1 atom stereocenters. The van der Waals surface area contributed by atoms with Gasteiger partial charge in [-0.1, -0.05) is 18.2 Å². The van der Waals surface area contributed by atoms with Gasteiger partial charge in [0.15, 0.2) is 11.4 Å². The maximum atomic E-state index is 11.5. The summed E-state index contributed by atoms with van der Waals surface area (Å²) in [5, 5.41) is 29.4. The number of hydrogen-bond donors (Lipinski definition) is 2. The number of aromatic nitrogens is 1. The lowest BCUT2D eigenvalue weighted by Crippen LogP contribution is -2.28. The van der Waals surface area contributed by atoms with Crippen LogP contribution < -0.4 is 9.62 Å². The van der Waals surface area contributed by atoms with Gasteiger partial charge in [-0.15, -0.1) is 11.3 Å². The molecule has 0 bridgehead atoms. The Kier molecular flexibility index (Phi) is 6.68. The Morgan fingerprint density at radius 2 is 1.84 bits per heavy atom. The van der Waals surface area contributed by atoms with Gasteiger partial charge in [-0.3, -0.25) is 0 Å². The first-order valence-electron chi connectivity index (χ1n) is 9.10. The van der Waals surface area contributed by atoms with Crippen LogP contribution in [0.1, 0.15) is 33.5 Å². The van der Waals surface area contributed by atoms with E-state index in [2.05, 4.69) is 21.8 Å². The van der Waals surface area contributed by atoms with Gasteiger partial charge in [-0.05, 0) is 42.8 Å². The maximum Gasteiger partial charge on any atom is 0.211 e. The van der Waals surface area contributed by atoms with Crippen molar-refractivity contribution < 1.29 is 13.5 Å². The van der Waals surface area contributed by atoms with Gasteiger partial charge in [-0.25, -0.2) is 13.4 Å². The number of hydrogen-bond acceptors (Lipinski definition) is 8. The topological polar surface area (TPSA) is 130 Å². The summed E-state index contributed by atoms with van der Waals surface area (Å²) in [5.74, 6) is 0. The maximum absolute atomic E-state index is 11.5. The molecule has 3 rings (SSSR count). The molecule has 8 nitrogen and oxygen atoms in total. The van der Waals surface area contributed by atoms with Gasteiger partial charge in [0.2, 0.25) is 10.0 Å². The lowest BCUT2D eigenvalue weighted by molar-refractivity contribution is 0.162. The fraction of sp³-hybridized carbons (Fsp3) is 0.190. The van der Waals surface area contributed by atoms with Crippen LogP contribution in [0, 0.1) is 29.6 Å². The van der Waals surface area contributed by atoms with E-state index in [4.69, 9.17) is 5.26 Å². The molecule has 1 aromatic heterocycles. The summed E-state index contributed by atoms with van der Waals surface area (Å²) in [6.07, 6.45) is -0.519. The number of sulfonamides is 1. The summed E-state index contributed by atoms with van der Waals surface area (Å²) in [6, 6.07) is 18.4. The van der Waals surface area contributed by atoms with Crippen LogP contribution in [0.5, 0.6) is 0 Å². The number of rotatable bonds is 7. The number of nitrogens with zero attached hydrogens (tertiary/aromatic N) is 4. The molecule has 0 amide bonds. The number of nitriles is 2. The largest absolute Gasteiger partial charge is 0.372 e. The van der Waals surface area contributed by atoms with Crippen LogP contribution in [0.15, 0.2) is 48.5 Å². The minimum Gasteiger partial charge on any atom is -0.372 e. The third kappa shape index (κ3) is 5.45. The van der Waals surface area contributed by atoms with Gasteiger partial charge >= 0.3 is 0 Å². The van der Waals surface area contributed by atoms with Crippen LogP contribution in [0.4, 0.5) is 10.8 Å². The number of aliphatic hydroxyl groups excluding tert-OH is 1. The third-order valence-electron chi connectivity index (χ3n) is 4.41. The second kappa shape index (κ2) is 9.25. The number of anilines is 2. The van der Waals surface area contributed by atoms with E-state index in [9.17, 15) is 18.8 Å². The Morgan fingerprint density at radius 3 is 2.45 bits per heavy atom. The molecule has 2 N–H and O–H groups in total. The zero-order chi connectivity index (χ0) is 22.6. The van der Waals surface area contributed by atoms with E-state index in [1.807, 2.05) is 17.0 Å². The number of aliphatic hydroxyl groups is 1. The molecule has 3 aromatic rings. The van der Waals surface area contributed by atoms with Crippen molar-refractivity contribution in [1.82, 2.24) is 9.71 Å². The molecule has 0 fully saturated rings. The van der Waals surface area contributed by atoms with Gasteiger partial charge in [0.05, 0.1) is 36.1 Å². The predicted molar refractivity (Wildman–Crippen MR) is 118 cm³/mol. The first-order chi connectivity index (χ1) is 14.7. The molecule has 2 aromatic carbocycles. The molecule has 0 aliphatic carbocycles. The van der Waals surface area contributed by atoms with E-state index in [0.717, 1.165) is 17.5 Å². The normalized spacial score (nSPS) is 12.0. The molecule has 0 radical (unpaired) electrons. The molecular formula is C21H19N5O3S2. The average Bonchev–Trinajstić information content (AvgIpc) is 3.12. The van der Waals surface area contributed by atoms with Crippen LogP contribution in [0.25, 0.3) is 0 Å². The van der Waals surface area contributed by atoms with E-state index >= 15 is 0 Å². The van der Waals surface area contributed by atoms with Crippen molar-refractivity contribution >= 4 is 32.2 Å². The second-order valence-corrected chi connectivity index (χ2v) is 9.71. The van der Waals surface area contributed by atoms with Crippen molar-refractivity contribution in [2.45, 2.75) is 19.7 Å². The van der Waals surface area contributed by atoms with Gasteiger partial charge in [-0.2, -0.15) is 15.2 Å². The molecule has 1 heterocycles. The van der Waals surface area contributed by atoms with Gasteiger partial charge in [0, 0.05) is 10.6 Å². The van der Waals surface area contributed by atoms with Crippen molar-refractivity contribution in [2.75, 3.05) is 11.2 Å². The predicted octanol–water partition coefficient (Wildman–Crippen LogP) is 3.07. The van der Waals surface area contributed by atoms with E-state index in [1.165, 1.54) is 11.3 Å². The number of thiazole rings is 1. The summed E-state index contributed by atoms with van der Waals surface area (Å²) in [4.78, 5) is 6.98. The first kappa shape index (κ1) is 22.4. The van der Waals surface area contributed by atoms with Crippen LogP contribution in [-0.2, 0) is 16.6 Å². The number of nitrogens with one attached hydrogen (secondary N) is 1. The Balaban J connectivity index is 2.05. The van der Waals surface area contributed by atoms with Crippen molar-refractivity contribution in [3.05, 3.63) is 75.8 Å². The van der Waals surface area contributed by atoms with Crippen molar-refractivity contribution in [2.24, 2.45) is 0 Å². The zero-order valence-electron chi connectivity index (χ0n) is 16.8. The van der Waals surface area contributed by atoms with Crippen molar-refractivity contribution in [1.29, 1.82) is 10.5 Å². The van der Waals surface area contributed by atoms with Crippen LogP contribution >= 0.6 is 11.3 Å². The molecule has 0 saturated heterocycles. The second-order valence-electron chi connectivity index (χ2n) is 6.74. The highest BCUT2D eigenvalue weighted by Crippen LogP contribution is 2.35. The lowest BCUT2D eigenvalue weighted by Gasteiger charge is -2.23. The van der Waals surface area contributed by atoms with E-state index in [1.54, 1.807) is 43.3 Å². The van der Waals surface area contributed by atoms with E-state index < -0.39 is 16.3 Å². The first-order valence-corrected chi connectivity index (χ1v) is 11.8. The van der Waals surface area contributed by atoms with Crippen molar-refractivity contribution in [3.8, 4) is 12.1 Å². The molecule has 0 spiro atoms. The smallest absolute Gasteiger partial charge is 0.211 e. The standard InChI is InChI=1S/C21H19N5O3S2/c1-14-19(20(27)25-31(2,28)29)24-21(30-14)26(18-9-7-15(11-22)8-10-18)13-17-6-4-3-5-16(17)12-23/h3-10,20,25,27H,13H2,1-2H3. The lowest BCUT2D eigenvalue weighted by atomic mass is 10.1. The minimum absolute atomic E-state index is 0.206. The molecular weight excluding hydrogens is 434 g/mol. The highest BCUT2D eigenvalue weighted by atomic mass is 32.2. The Labute approximate surface area is 184 Å². The number of benzene rings is 2. The molecule has 158 valence electrons. The average molecular weight is 454 g/mol. The molecule has 10 heteroatoms.